The number of nitrogens with zero attached hydrogens (tertiary/aromatic N) is 1. The summed E-state index contributed by atoms with van der Waals surface area (Å²) in [5.74, 6) is -2.86. The summed E-state index contributed by atoms with van der Waals surface area (Å²) in [4.78, 5) is 25.6. The van der Waals surface area contributed by atoms with Gasteiger partial charge in [-0.25, -0.2) is 18.4 Å². The summed E-state index contributed by atoms with van der Waals surface area (Å²) in [6.45, 7) is 4.55. The van der Waals surface area contributed by atoms with Gasteiger partial charge in [-0.15, -0.1) is 0 Å². The highest BCUT2D eigenvalue weighted by atomic mass is 19.3. The average Bonchev–Trinajstić information content (AvgIpc) is 2.90. The van der Waals surface area contributed by atoms with E-state index in [2.05, 4.69) is 0 Å². The maximum absolute atomic E-state index is 13.5. The maximum Gasteiger partial charge on any atom is 0.415 e. The quantitative estimate of drug-likeness (QED) is 0.274. The van der Waals surface area contributed by atoms with Crippen LogP contribution >= 0.6 is 0 Å². The lowest BCUT2D eigenvalue weighted by molar-refractivity contribution is -0.149. The molecule has 0 heterocycles. The van der Waals surface area contributed by atoms with Crippen LogP contribution in [0.2, 0.25) is 0 Å². The summed E-state index contributed by atoms with van der Waals surface area (Å²) in [5.41, 5.74) is 1.62. The maximum atomic E-state index is 13.5. The van der Waals surface area contributed by atoms with Crippen molar-refractivity contribution in [3.8, 4) is 17.2 Å². The standard InChI is InChI=1S/C28H37F2NO8/c1-5-28(29,30)19-36-15-13-31(27(34)39-24-17-20(3)7-12-23(24)35-4)14-16-38-22-10-8-21(9-11-22)18-25(26(32)33)37-6-2/h7-12,17,25H,5-6,13-16,18-19H2,1-4H3,(H,32,33). The van der Waals surface area contributed by atoms with Gasteiger partial charge < -0.3 is 33.7 Å². The number of benzene rings is 2. The topological polar surface area (TPSA) is 104 Å². The van der Waals surface area contributed by atoms with Crippen LogP contribution in [0.5, 0.6) is 17.2 Å². The van der Waals surface area contributed by atoms with Crippen molar-refractivity contribution in [1.29, 1.82) is 0 Å². The molecule has 0 fully saturated rings. The third-order valence-electron chi connectivity index (χ3n) is 5.73. The minimum Gasteiger partial charge on any atom is -0.493 e. The molecule has 2 aromatic rings. The second kappa shape index (κ2) is 15.8. The molecule has 0 aliphatic carbocycles. The monoisotopic (exact) mass is 553 g/mol. The molecule has 0 spiro atoms. The van der Waals surface area contributed by atoms with Crippen LogP contribution in [0.1, 0.15) is 31.4 Å². The molecular weight excluding hydrogens is 516 g/mol. The van der Waals surface area contributed by atoms with E-state index in [9.17, 15) is 23.5 Å². The first kappa shape index (κ1) is 31.8. The number of methoxy groups -OCH3 is 1. The second-order valence-corrected chi connectivity index (χ2v) is 8.75. The molecule has 0 radical (unpaired) electrons. The highest BCUT2D eigenvalue weighted by Gasteiger charge is 2.26. The summed E-state index contributed by atoms with van der Waals surface area (Å²) in [6, 6.07) is 12.0. The third kappa shape index (κ3) is 11.1. The summed E-state index contributed by atoms with van der Waals surface area (Å²) in [7, 11) is 1.46. The lowest BCUT2D eigenvalue weighted by Crippen LogP contribution is -2.39. The fourth-order valence-electron chi connectivity index (χ4n) is 3.44. The van der Waals surface area contributed by atoms with Crippen LogP contribution in [-0.2, 0) is 20.7 Å². The summed E-state index contributed by atoms with van der Waals surface area (Å²) >= 11 is 0. The number of hydrogen-bond donors (Lipinski definition) is 1. The molecule has 2 aromatic carbocycles. The van der Waals surface area contributed by atoms with Crippen molar-refractivity contribution in [2.24, 2.45) is 0 Å². The summed E-state index contributed by atoms with van der Waals surface area (Å²) < 4.78 is 53.9. The Bertz CT molecular complexity index is 1050. The highest BCUT2D eigenvalue weighted by Crippen LogP contribution is 2.28. The van der Waals surface area contributed by atoms with Crippen LogP contribution in [0.25, 0.3) is 0 Å². The fourth-order valence-corrected chi connectivity index (χ4v) is 3.44. The molecule has 11 heteroatoms. The number of carboxylic acid groups (broad SMARTS) is 1. The van der Waals surface area contributed by atoms with Crippen LogP contribution in [0.3, 0.4) is 0 Å². The molecule has 0 saturated carbocycles. The van der Waals surface area contributed by atoms with E-state index >= 15 is 0 Å². The highest BCUT2D eigenvalue weighted by molar-refractivity contribution is 5.73. The number of carboxylic acids is 1. The zero-order chi connectivity index (χ0) is 28.8. The first-order valence-electron chi connectivity index (χ1n) is 12.7. The predicted molar refractivity (Wildman–Crippen MR) is 140 cm³/mol. The molecule has 0 bridgehead atoms. The van der Waals surface area contributed by atoms with Crippen LogP contribution < -0.4 is 14.2 Å². The minimum atomic E-state index is -2.94. The van der Waals surface area contributed by atoms with Gasteiger partial charge in [0.05, 0.1) is 20.3 Å². The van der Waals surface area contributed by atoms with Crippen molar-refractivity contribution in [3.63, 3.8) is 0 Å². The van der Waals surface area contributed by atoms with E-state index in [0.29, 0.717) is 18.1 Å². The number of hydrogen-bond acceptors (Lipinski definition) is 7. The Morgan fingerprint density at radius 3 is 2.33 bits per heavy atom. The number of amides is 1. The molecule has 0 aliphatic rings. The minimum absolute atomic E-state index is 0.00304. The molecular formula is C28H37F2NO8. The molecule has 1 atom stereocenters. The number of alkyl halides is 2. The summed E-state index contributed by atoms with van der Waals surface area (Å²) in [5, 5.41) is 9.25. The van der Waals surface area contributed by atoms with E-state index < -0.39 is 30.7 Å². The van der Waals surface area contributed by atoms with Crippen molar-refractivity contribution in [1.82, 2.24) is 4.90 Å². The van der Waals surface area contributed by atoms with Gasteiger partial charge in [0.2, 0.25) is 0 Å². The Balaban J connectivity index is 2.00. The van der Waals surface area contributed by atoms with Gasteiger partial charge in [-0.2, -0.15) is 0 Å². The molecule has 216 valence electrons. The van der Waals surface area contributed by atoms with Crippen LogP contribution in [-0.4, -0.2) is 80.7 Å². The zero-order valence-corrected chi connectivity index (χ0v) is 22.8. The predicted octanol–water partition coefficient (Wildman–Crippen LogP) is 4.98. The number of ether oxygens (including phenoxy) is 5. The van der Waals surface area contributed by atoms with Gasteiger partial charge in [-0.3, -0.25) is 0 Å². The second-order valence-electron chi connectivity index (χ2n) is 8.75. The zero-order valence-electron chi connectivity index (χ0n) is 22.8. The first-order chi connectivity index (χ1) is 18.6. The number of halogens is 2. The Labute approximate surface area is 227 Å². The van der Waals surface area contributed by atoms with Crippen molar-refractivity contribution < 1.29 is 47.2 Å². The summed E-state index contributed by atoms with van der Waals surface area (Å²) in [6.07, 6.45) is -1.78. The number of carbonyl (C=O) groups is 2. The smallest absolute Gasteiger partial charge is 0.415 e. The van der Waals surface area contributed by atoms with Gasteiger partial charge in [0.25, 0.3) is 5.92 Å². The van der Waals surface area contributed by atoms with E-state index in [0.717, 1.165) is 11.1 Å². The van der Waals surface area contributed by atoms with Gasteiger partial charge in [0.15, 0.2) is 17.6 Å². The Morgan fingerprint density at radius 2 is 1.72 bits per heavy atom. The Hall–Kier alpha value is -3.44. The lowest BCUT2D eigenvalue weighted by Gasteiger charge is -2.23. The normalized spacial score (nSPS) is 12.1. The average molecular weight is 554 g/mol. The third-order valence-corrected chi connectivity index (χ3v) is 5.73. The fraction of sp³-hybridized carbons (Fsp3) is 0.500. The number of aryl methyl sites for hydroxylation is 1. The number of carbonyl (C=O) groups excluding carboxylic acids is 1. The molecule has 1 unspecified atom stereocenters. The van der Waals surface area contributed by atoms with Crippen molar-refractivity contribution >= 4 is 12.1 Å². The SMILES string of the molecule is CCOC(Cc1ccc(OCCN(CCOCC(F)(F)CC)C(=O)Oc2cc(C)ccc2OC)cc1)C(=O)O. The van der Waals surface area contributed by atoms with Gasteiger partial charge in [0, 0.05) is 26.0 Å². The Kier molecular flexibility index (Phi) is 12.9. The van der Waals surface area contributed by atoms with E-state index in [4.69, 9.17) is 23.7 Å². The van der Waals surface area contributed by atoms with Crippen LogP contribution in [0.15, 0.2) is 42.5 Å². The van der Waals surface area contributed by atoms with E-state index in [1.807, 2.05) is 13.0 Å². The number of aliphatic carboxylic acids is 1. The van der Waals surface area contributed by atoms with Crippen molar-refractivity contribution in [3.05, 3.63) is 53.6 Å². The van der Waals surface area contributed by atoms with E-state index in [-0.39, 0.29) is 44.9 Å². The van der Waals surface area contributed by atoms with Gasteiger partial charge >= 0.3 is 12.1 Å². The molecule has 0 aliphatic heterocycles. The Morgan fingerprint density at radius 1 is 1.03 bits per heavy atom. The molecule has 1 N–H and O–H groups in total. The lowest BCUT2D eigenvalue weighted by atomic mass is 10.1. The van der Waals surface area contributed by atoms with E-state index in [1.165, 1.54) is 18.9 Å². The first-order valence-corrected chi connectivity index (χ1v) is 12.7. The molecule has 0 saturated heterocycles. The van der Waals surface area contributed by atoms with Crippen molar-refractivity contribution in [2.45, 2.75) is 45.6 Å². The molecule has 9 nitrogen and oxygen atoms in total. The van der Waals surface area contributed by atoms with Gasteiger partial charge in [-0.1, -0.05) is 25.1 Å². The molecule has 2 rings (SSSR count). The van der Waals surface area contributed by atoms with E-state index in [1.54, 1.807) is 43.3 Å². The molecule has 1 amide bonds. The largest absolute Gasteiger partial charge is 0.493 e. The van der Waals surface area contributed by atoms with Crippen LogP contribution in [0.4, 0.5) is 13.6 Å². The van der Waals surface area contributed by atoms with Crippen molar-refractivity contribution in [2.75, 3.05) is 46.6 Å². The number of rotatable bonds is 17. The molecule has 0 aromatic heterocycles. The van der Waals surface area contributed by atoms with Gasteiger partial charge in [0.1, 0.15) is 19.0 Å². The van der Waals surface area contributed by atoms with Crippen LogP contribution in [0, 0.1) is 6.92 Å². The van der Waals surface area contributed by atoms with Gasteiger partial charge in [-0.05, 0) is 49.2 Å². The molecule has 39 heavy (non-hydrogen) atoms.